The van der Waals surface area contributed by atoms with Gasteiger partial charge in [0, 0.05) is 24.2 Å². The molecule has 100 valence electrons. The number of nitrogens with two attached hydrogens (primary N) is 1. The van der Waals surface area contributed by atoms with Crippen LogP contribution in [0.4, 0.5) is 0 Å². The average molecular weight is 291 g/mol. The van der Waals surface area contributed by atoms with Crippen LogP contribution in [0.1, 0.15) is 22.8 Å². The normalized spacial score (nSPS) is 11.4. The van der Waals surface area contributed by atoms with E-state index in [0.29, 0.717) is 12.1 Å². The molecule has 0 fully saturated rings. The summed E-state index contributed by atoms with van der Waals surface area (Å²) < 4.78 is 22.6. The monoisotopic (exact) mass is 290 g/mol. The van der Waals surface area contributed by atoms with Crippen molar-refractivity contribution in [3.8, 4) is 0 Å². The minimum atomic E-state index is -3.89. The van der Waals surface area contributed by atoms with Crippen molar-refractivity contribution in [2.24, 2.45) is 5.14 Å². The molecule has 0 aliphatic heterocycles. The van der Waals surface area contributed by atoms with Crippen LogP contribution in [-0.4, -0.2) is 32.8 Å². The predicted molar refractivity (Wildman–Crippen MR) is 70.2 cm³/mol. The molecular weight excluding hydrogens is 276 g/mol. The highest BCUT2D eigenvalue weighted by atomic mass is 35.5. The Morgan fingerprint density at radius 2 is 2.00 bits per heavy atom. The number of halogens is 1. The summed E-state index contributed by atoms with van der Waals surface area (Å²) >= 11 is 5.93. The molecule has 0 radical (unpaired) electrons. The summed E-state index contributed by atoms with van der Waals surface area (Å²) in [5, 5.41) is 5.25. The SMILES string of the molecule is CCN(C)C(=O)c1cc(S(N)(=O)=O)cc(Cl)c1C. The Hall–Kier alpha value is -1.11. The third-order valence-corrected chi connectivity index (χ3v) is 3.98. The number of hydrogen-bond acceptors (Lipinski definition) is 3. The number of amides is 1. The van der Waals surface area contributed by atoms with E-state index in [4.69, 9.17) is 16.7 Å². The molecule has 1 amide bonds. The number of benzene rings is 1. The standard InChI is InChI=1S/C11H15ClN2O3S/c1-4-14(3)11(15)9-5-8(18(13,16)17)6-10(12)7(9)2/h5-6H,4H2,1-3H3,(H2,13,16,17). The number of rotatable bonds is 3. The maximum Gasteiger partial charge on any atom is 0.253 e. The van der Waals surface area contributed by atoms with Crippen molar-refractivity contribution >= 4 is 27.5 Å². The molecule has 0 heterocycles. The van der Waals surface area contributed by atoms with Gasteiger partial charge < -0.3 is 4.90 Å². The van der Waals surface area contributed by atoms with Gasteiger partial charge in [0.05, 0.1) is 4.90 Å². The average Bonchev–Trinajstić information content (AvgIpc) is 2.29. The first-order valence-corrected chi connectivity index (χ1v) is 7.19. The molecule has 0 saturated carbocycles. The number of sulfonamides is 1. The maximum atomic E-state index is 12.1. The zero-order valence-electron chi connectivity index (χ0n) is 10.4. The lowest BCUT2D eigenvalue weighted by molar-refractivity contribution is 0.0801. The second kappa shape index (κ2) is 5.26. The van der Waals surface area contributed by atoms with Crippen LogP contribution in [0.2, 0.25) is 5.02 Å². The fourth-order valence-electron chi connectivity index (χ4n) is 1.39. The largest absolute Gasteiger partial charge is 0.342 e. The lowest BCUT2D eigenvalue weighted by atomic mass is 10.1. The minimum absolute atomic E-state index is 0.161. The van der Waals surface area contributed by atoms with Gasteiger partial charge in [0.25, 0.3) is 5.91 Å². The van der Waals surface area contributed by atoms with Crippen molar-refractivity contribution in [1.82, 2.24) is 4.90 Å². The summed E-state index contributed by atoms with van der Waals surface area (Å²) in [6, 6.07) is 2.50. The lowest BCUT2D eigenvalue weighted by Crippen LogP contribution is -2.27. The van der Waals surface area contributed by atoms with E-state index in [9.17, 15) is 13.2 Å². The Morgan fingerprint density at radius 3 is 2.44 bits per heavy atom. The first kappa shape index (κ1) is 14.9. The number of carbonyl (C=O) groups is 1. The molecule has 7 heteroatoms. The Kier molecular flexibility index (Phi) is 4.37. The minimum Gasteiger partial charge on any atom is -0.342 e. The van der Waals surface area contributed by atoms with Gasteiger partial charge in [0.15, 0.2) is 0 Å². The molecule has 0 spiro atoms. The third-order valence-electron chi connectivity index (χ3n) is 2.70. The van der Waals surface area contributed by atoms with Crippen LogP contribution in [-0.2, 0) is 10.0 Å². The van der Waals surface area contributed by atoms with E-state index in [1.807, 2.05) is 6.92 Å². The fourth-order valence-corrected chi connectivity index (χ4v) is 2.24. The van der Waals surface area contributed by atoms with Gasteiger partial charge in [0.1, 0.15) is 0 Å². The fraction of sp³-hybridized carbons (Fsp3) is 0.364. The third kappa shape index (κ3) is 3.01. The topological polar surface area (TPSA) is 80.5 Å². The van der Waals surface area contributed by atoms with Crippen LogP contribution < -0.4 is 5.14 Å². The first-order chi connectivity index (χ1) is 8.18. The summed E-state index contributed by atoms with van der Waals surface area (Å²) in [5.74, 6) is -0.289. The zero-order valence-corrected chi connectivity index (χ0v) is 12.0. The highest BCUT2D eigenvalue weighted by Gasteiger charge is 2.19. The van der Waals surface area contributed by atoms with Crippen molar-refractivity contribution in [1.29, 1.82) is 0 Å². The molecule has 0 unspecified atom stereocenters. The van der Waals surface area contributed by atoms with E-state index in [2.05, 4.69) is 0 Å². The van der Waals surface area contributed by atoms with E-state index < -0.39 is 10.0 Å². The lowest BCUT2D eigenvalue weighted by Gasteiger charge is -2.17. The Bertz CT molecular complexity index is 584. The van der Waals surface area contributed by atoms with Gasteiger partial charge in [-0.05, 0) is 31.5 Å². The highest BCUT2D eigenvalue weighted by molar-refractivity contribution is 7.89. The molecule has 2 N–H and O–H groups in total. The molecule has 0 saturated heterocycles. The molecule has 18 heavy (non-hydrogen) atoms. The van der Waals surface area contributed by atoms with Gasteiger partial charge in [-0.2, -0.15) is 0 Å². The molecule has 0 aliphatic carbocycles. The molecule has 1 rings (SSSR count). The number of primary sulfonamides is 1. The van der Waals surface area contributed by atoms with Crippen LogP contribution in [0.15, 0.2) is 17.0 Å². The van der Waals surface area contributed by atoms with Crippen LogP contribution >= 0.6 is 11.6 Å². The van der Waals surface area contributed by atoms with Gasteiger partial charge in [0.2, 0.25) is 10.0 Å². The molecule has 1 aromatic rings. The van der Waals surface area contributed by atoms with Gasteiger partial charge in [-0.15, -0.1) is 0 Å². The predicted octanol–water partition coefficient (Wildman–Crippen LogP) is 1.39. The van der Waals surface area contributed by atoms with Crippen LogP contribution in [0, 0.1) is 6.92 Å². The second-order valence-corrected chi connectivity index (χ2v) is 5.91. The molecule has 5 nitrogen and oxygen atoms in total. The van der Waals surface area contributed by atoms with Crippen molar-refractivity contribution in [3.63, 3.8) is 0 Å². The number of carbonyl (C=O) groups excluding carboxylic acids is 1. The van der Waals surface area contributed by atoms with E-state index in [0.717, 1.165) is 0 Å². The van der Waals surface area contributed by atoms with Gasteiger partial charge >= 0.3 is 0 Å². The molecule has 0 aromatic heterocycles. The van der Waals surface area contributed by atoms with E-state index >= 15 is 0 Å². The molecule has 0 atom stereocenters. The molecule has 1 aromatic carbocycles. The van der Waals surface area contributed by atoms with Crippen molar-refractivity contribution in [2.75, 3.05) is 13.6 Å². The van der Waals surface area contributed by atoms with Crippen LogP contribution in [0.25, 0.3) is 0 Å². The van der Waals surface area contributed by atoms with E-state index in [1.165, 1.54) is 17.0 Å². The summed E-state index contributed by atoms with van der Waals surface area (Å²) in [6.45, 7) is 3.99. The quantitative estimate of drug-likeness (QED) is 0.913. The molecular formula is C11H15ClN2O3S. The summed E-state index contributed by atoms with van der Waals surface area (Å²) in [7, 11) is -2.26. The van der Waals surface area contributed by atoms with E-state index in [-0.39, 0.29) is 21.4 Å². The van der Waals surface area contributed by atoms with Gasteiger partial charge in [-0.1, -0.05) is 11.6 Å². The van der Waals surface area contributed by atoms with Gasteiger partial charge in [-0.25, -0.2) is 13.6 Å². The number of hydrogen-bond donors (Lipinski definition) is 1. The summed E-state index contributed by atoms with van der Waals surface area (Å²) in [4.78, 5) is 13.4. The van der Waals surface area contributed by atoms with Crippen molar-refractivity contribution in [2.45, 2.75) is 18.7 Å². The van der Waals surface area contributed by atoms with Crippen LogP contribution in [0.3, 0.4) is 0 Å². The summed E-state index contributed by atoms with van der Waals surface area (Å²) in [6.07, 6.45) is 0. The zero-order chi connectivity index (χ0) is 14.1. The van der Waals surface area contributed by atoms with Crippen molar-refractivity contribution in [3.05, 3.63) is 28.3 Å². The van der Waals surface area contributed by atoms with Crippen LogP contribution in [0.5, 0.6) is 0 Å². The second-order valence-electron chi connectivity index (χ2n) is 3.94. The summed E-state index contributed by atoms with van der Waals surface area (Å²) in [5.41, 5.74) is 0.783. The number of nitrogens with zero attached hydrogens (tertiary/aromatic N) is 1. The smallest absolute Gasteiger partial charge is 0.253 e. The van der Waals surface area contributed by atoms with Crippen molar-refractivity contribution < 1.29 is 13.2 Å². The van der Waals surface area contributed by atoms with Gasteiger partial charge in [-0.3, -0.25) is 4.79 Å². The molecule has 0 bridgehead atoms. The van der Waals surface area contributed by atoms with E-state index in [1.54, 1.807) is 14.0 Å². The Balaban J connectivity index is 3.45. The Labute approximate surface area is 112 Å². The highest BCUT2D eigenvalue weighted by Crippen LogP contribution is 2.24. The first-order valence-electron chi connectivity index (χ1n) is 5.27. The Morgan fingerprint density at radius 1 is 1.44 bits per heavy atom. The molecule has 0 aliphatic rings. The maximum absolute atomic E-state index is 12.1.